The number of Topliss-reactive ketones (excluding diaryl/α,β-unsaturated/α-hetero) is 1. The Hall–Kier alpha value is -1.24. The predicted octanol–water partition coefficient (Wildman–Crippen LogP) is 1.12. The summed E-state index contributed by atoms with van der Waals surface area (Å²) in [5.41, 5.74) is -0.899. The van der Waals surface area contributed by atoms with E-state index in [4.69, 9.17) is 34.8 Å². The van der Waals surface area contributed by atoms with Crippen LogP contribution in [0.15, 0.2) is 15.7 Å². The standard InChI is InChI=1S/C10H8Cl3N3O3/c1-15-7-4(8(18)16(2)9(15)19)3-5(14-7)6(17)10(11,12)13/h3,14H,1-2H3. The molecule has 0 aliphatic heterocycles. The van der Waals surface area contributed by atoms with Crippen LogP contribution in [0, 0.1) is 0 Å². The summed E-state index contributed by atoms with van der Waals surface area (Å²) < 4.78 is -0.00334. The smallest absolute Gasteiger partial charge is 0.332 e. The Morgan fingerprint density at radius 1 is 1.21 bits per heavy atom. The molecular weight excluding hydrogens is 316 g/mol. The van der Waals surface area contributed by atoms with Crippen molar-refractivity contribution in [3.05, 3.63) is 32.6 Å². The number of aryl methyl sites for hydroxylation is 1. The van der Waals surface area contributed by atoms with E-state index in [1.165, 1.54) is 24.7 Å². The van der Waals surface area contributed by atoms with Gasteiger partial charge >= 0.3 is 5.69 Å². The van der Waals surface area contributed by atoms with Gasteiger partial charge in [-0.2, -0.15) is 0 Å². The number of fused-ring (bicyclic) bond motifs is 1. The van der Waals surface area contributed by atoms with Crippen molar-refractivity contribution in [2.75, 3.05) is 0 Å². The monoisotopic (exact) mass is 323 g/mol. The van der Waals surface area contributed by atoms with Gasteiger partial charge in [0, 0.05) is 14.1 Å². The molecule has 0 saturated heterocycles. The van der Waals surface area contributed by atoms with Crippen molar-refractivity contribution in [3.8, 4) is 0 Å². The van der Waals surface area contributed by atoms with E-state index in [1.54, 1.807) is 0 Å². The molecule has 0 radical (unpaired) electrons. The summed E-state index contributed by atoms with van der Waals surface area (Å²) in [7, 11) is 2.80. The normalized spacial score (nSPS) is 12.1. The van der Waals surface area contributed by atoms with E-state index in [2.05, 4.69) is 4.98 Å². The van der Waals surface area contributed by atoms with Crippen LogP contribution >= 0.6 is 34.8 Å². The van der Waals surface area contributed by atoms with E-state index >= 15 is 0 Å². The lowest BCUT2D eigenvalue weighted by Gasteiger charge is -2.06. The molecule has 2 aromatic heterocycles. The van der Waals surface area contributed by atoms with Crippen LogP contribution in [0.25, 0.3) is 11.0 Å². The molecule has 2 rings (SSSR count). The fraction of sp³-hybridized carbons (Fsp3) is 0.300. The number of carbonyl (C=O) groups is 1. The number of nitrogens with zero attached hydrogens (tertiary/aromatic N) is 2. The lowest BCUT2D eigenvalue weighted by atomic mass is 10.3. The van der Waals surface area contributed by atoms with Crippen LogP contribution in [0.5, 0.6) is 0 Å². The van der Waals surface area contributed by atoms with Crippen molar-refractivity contribution in [1.29, 1.82) is 0 Å². The van der Waals surface area contributed by atoms with Crippen LogP contribution in [0.2, 0.25) is 0 Å². The number of H-pyrrole nitrogens is 1. The number of carbonyl (C=O) groups excluding carboxylic acids is 1. The highest BCUT2D eigenvalue weighted by Crippen LogP contribution is 2.30. The van der Waals surface area contributed by atoms with Crippen molar-refractivity contribution >= 4 is 51.6 Å². The van der Waals surface area contributed by atoms with Gasteiger partial charge in [0.25, 0.3) is 9.35 Å². The average Bonchev–Trinajstić information content (AvgIpc) is 2.76. The second-order valence-corrected chi connectivity index (χ2v) is 6.26. The number of rotatable bonds is 1. The third kappa shape index (κ3) is 2.20. The Kier molecular flexibility index (Phi) is 3.28. The van der Waals surface area contributed by atoms with Gasteiger partial charge in [0.05, 0.1) is 11.1 Å². The zero-order valence-electron chi connectivity index (χ0n) is 9.83. The number of aromatic amines is 1. The van der Waals surface area contributed by atoms with Gasteiger partial charge in [-0.3, -0.25) is 18.7 Å². The number of ketones is 1. The molecule has 19 heavy (non-hydrogen) atoms. The summed E-state index contributed by atoms with van der Waals surface area (Å²) in [5.74, 6) is -0.803. The van der Waals surface area contributed by atoms with Crippen LogP contribution in [-0.2, 0) is 14.1 Å². The van der Waals surface area contributed by atoms with Crippen LogP contribution in [0.4, 0.5) is 0 Å². The van der Waals surface area contributed by atoms with Gasteiger partial charge in [-0.1, -0.05) is 34.8 Å². The molecule has 0 atom stereocenters. The Labute approximate surface area is 121 Å². The maximum atomic E-state index is 11.9. The highest BCUT2D eigenvalue weighted by Gasteiger charge is 2.33. The molecule has 0 saturated carbocycles. The summed E-state index contributed by atoms with van der Waals surface area (Å²) in [6.45, 7) is 0. The molecule has 102 valence electrons. The van der Waals surface area contributed by atoms with E-state index in [0.29, 0.717) is 0 Å². The number of hydrogen-bond donors (Lipinski definition) is 1. The molecule has 0 bridgehead atoms. The summed E-state index contributed by atoms with van der Waals surface area (Å²) in [5, 5.41) is 0.169. The fourth-order valence-corrected chi connectivity index (χ4v) is 2.04. The Morgan fingerprint density at radius 2 is 1.79 bits per heavy atom. The SMILES string of the molecule is Cn1c(=O)c2cc(C(=O)C(Cl)(Cl)Cl)[nH]c2n(C)c1=O. The van der Waals surface area contributed by atoms with Crippen LogP contribution in [0.3, 0.4) is 0 Å². The first-order valence-electron chi connectivity index (χ1n) is 5.05. The molecule has 0 amide bonds. The fourth-order valence-electron chi connectivity index (χ4n) is 1.73. The third-order valence-electron chi connectivity index (χ3n) is 2.74. The van der Waals surface area contributed by atoms with Crippen LogP contribution in [0.1, 0.15) is 10.5 Å². The Bertz CT molecular complexity index is 794. The molecule has 0 aliphatic carbocycles. The van der Waals surface area contributed by atoms with E-state index < -0.39 is 20.8 Å². The minimum atomic E-state index is -2.13. The minimum absolute atomic E-state index is 0.0479. The zero-order valence-corrected chi connectivity index (χ0v) is 12.1. The summed E-state index contributed by atoms with van der Waals surface area (Å²) in [6.07, 6.45) is 0. The van der Waals surface area contributed by atoms with E-state index in [9.17, 15) is 14.4 Å². The van der Waals surface area contributed by atoms with Crippen molar-refractivity contribution in [2.45, 2.75) is 3.79 Å². The first-order valence-corrected chi connectivity index (χ1v) is 6.18. The molecule has 0 aliphatic rings. The quantitative estimate of drug-likeness (QED) is 0.631. The van der Waals surface area contributed by atoms with Gasteiger partial charge in [0.1, 0.15) is 5.65 Å². The molecule has 0 aromatic carbocycles. The number of halogens is 3. The lowest BCUT2D eigenvalue weighted by Crippen LogP contribution is -2.36. The largest absolute Gasteiger partial charge is 0.338 e. The molecule has 2 aromatic rings. The number of alkyl halides is 3. The predicted molar refractivity (Wildman–Crippen MR) is 73.4 cm³/mol. The maximum Gasteiger partial charge on any atom is 0.332 e. The van der Waals surface area contributed by atoms with Gasteiger partial charge in [0.15, 0.2) is 0 Å². The highest BCUT2D eigenvalue weighted by atomic mass is 35.6. The number of hydrogen-bond acceptors (Lipinski definition) is 3. The first-order chi connectivity index (χ1) is 8.64. The van der Waals surface area contributed by atoms with Crippen molar-refractivity contribution in [1.82, 2.24) is 14.1 Å². The van der Waals surface area contributed by atoms with E-state index in [0.717, 1.165) is 4.57 Å². The van der Waals surface area contributed by atoms with Gasteiger partial charge in [-0.15, -0.1) is 0 Å². The highest BCUT2D eigenvalue weighted by molar-refractivity contribution is 6.77. The topological polar surface area (TPSA) is 76.9 Å². The molecule has 2 heterocycles. The number of nitrogens with one attached hydrogen (secondary N) is 1. The van der Waals surface area contributed by atoms with Crippen molar-refractivity contribution in [3.63, 3.8) is 0 Å². The molecule has 1 N–H and O–H groups in total. The van der Waals surface area contributed by atoms with Gasteiger partial charge in [-0.05, 0) is 6.07 Å². The van der Waals surface area contributed by atoms with Gasteiger partial charge in [-0.25, -0.2) is 4.79 Å². The second-order valence-electron chi connectivity index (χ2n) is 3.98. The minimum Gasteiger partial charge on any atom is -0.338 e. The van der Waals surface area contributed by atoms with Gasteiger partial charge in [0.2, 0.25) is 5.78 Å². The van der Waals surface area contributed by atoms with Crippen molar-refractivity contribution < 1.29 is 4.79 Å². The average molecular weight is 325 g/mol. The molecule has 9 heteroatoms. The Balaban J connectivity index is 2.83. The number of aromatic nitrogens is 3. The van der Waals surface area contributed by atoms with Crippen LogP contribution < -0.4 is 11.2 Å². The van der Waals surface area contributed by atoms with E-state index in [1.807, 2.05) is 0 Å². The first kappa shape index (κ1) is 14.2. The molecule has 0 unspecified atom stereocenters. The van der Waals surface area contributed by atoms with Crippen LogP contribution in [-0.4, -0.2) is 23.7 Å². The molecule has 0 spiro atoms. The molecule has 6 nitrogen and oxygen atoms in total. The molecular formula is C10H8Cl3N3O3. The molecule has 0 fully saturated rings. The lowest BCUT2D eigenvalue weighted by molar-refractivity contribution is 0.0992. The van der Waals surface area contributed by atoms with Crippen molar-refractivity contribution in [2.24, 2.45) is 14.1 Å². The summed E-state index contributed by atoms with van der Waals surface area (Å²) in [6, 6.07) is 1.27. The van der Waals surface area contributed by atoms with Gasteiger partial charge < -0.3 is 4.98 Å². The summed E-state index contributed by atoms with van der Waals surface area (Å²) >= 11 is 16.5. The van der Waals surface area contributed by atoms with E-state index in [-0.39, 0.29) is 16.7 Å². The maximum absolute atomic E-state index is 11.9. The zero-order chi connectivity index (χ0) is 14.5. The second kappa shape index (κ2) is 4.40. The summed E-state index contributed by atoms with van der Waals surface area (Å²) in [4.78, 5) is 38.1. The Morgan fingerprint density at radius 3 is 2.32 bits per heavy atom. The third-order valence-corrected chi connectivity index (χ3v) is 3.26.